The van der Waals surface area contributed by atoms with Gasteiger partial charge >= 0.3 is 5.97 Å². The largest absolute Gasteiger partial charge is 0.496 e. The number of hydrogen-bond acceptors (Lipinski definition) is 4. The second-order valence-corrected chi connectivity index (χ2v) is 7.36. The number of hydrogen-bond donors (Lipinski definition) is 2. The lowest BCUT2D eigenvalue weighted by molar-refractivity contribution is 0.0694. The Morgan fingerprint density at radius 3 is 2.71 bits per heavy atom. The summed E-state index contributed by atoms with van der Waals surface area (Å²) in [7, 11) is 1.60. The van der Waals surface area contributed by atoms with Crippen LogP contribution in [0.15, 0.2) is 41.6 Å². The van der Waals surface area contributed by atoms with Crippen LogP contribution in [0.1, 0.15) is 35.8 Å². The van der Waals surface area contributed by atoms with Crippen molar-refractivity contribution < 1.29 is 14.6 Å². The van der Waals surface area contributed by atoms with Crippen LogP contribution in [0.3, 0.4) is 0 Å². The van der Waals surface area contributed by atoms with Crippen LogP contribution in [-0.4, -0.2) is 33.0 Å². The number of benzene rings is 1. The summed E-state index contributed by atoms with van der Waals surface area (Å²) in [6.45, 7) is 4.19. The van der Waals surface area contributed by atoms with Crippen LogP contribution in [0.5, 0.6) is 5.75 Å². The van der Waals surface area contributed by atoms with Gasteiger partial charge in [-0.05, 0) is 30.0 Å². The van der Waals surface area contributed by atoms with Crippen molar-refractivity contribution in [2.75, 3.05) is 7.11 Å². The highest BCUT2D eigenvalue weighted by molar-refractivity contribution is 5.88. The molecular formula is C21H21N3O4. The molecule has 7 nitrogen and oxygen atoms in total. The van der Waals surface area contributed by atoms with Crippen LogP contribution in [0.2, 0.25) is 0 Å². The summed E-state index contributed by atoms with van der Waals surface area (Å²) in [6.07, 6.45) is 5.76. The first kappa shape index (κ1) is 18.0. The number of carbonyl (C=O) groups is 1. The number of methoxy groups -OCH3 is 1. The van der Waals surface area contributed by atoms with Crippen molar-refractivity contribution in [3.8, 4) is 28.1 Å². The summed E-state index contributed by atoms with van der Waals surface area (Å²) in [4.78, 5) is 23.9. The van der Waals surface area contributed by atoms with E-state index in [4.69, 9.17) is 4.74 Å². The summed E-state index contributed by atoms with van der Waals surface area (Å²) < 4.78 is 7.52. The number of carboxylic acids is 1. The lowest BCUT2D eigenvalue weighted by Gasteiger charge is -2.34. The van der Waals surface area contributed by atoms with Crippen molar-refractivity contribution in [3.05, 3.63) is 58.1 Å². The maximum Gasteiger partial charge on any atom is 0.341 e. The fraction of sp³-hybridized carbons (Fsp3) is 0.286. The van der Waals surface area contributed by atoms with Gasteiger partial charge in [-0.25, -0.2) is 4.79 Å². The zero-order valence-corrected chi connectivity index (χ0v) is 15.9. The van der Waals surface area contributed by atoms with Crippen molar-refractivity contribution in [3.63, 3.8) is 0 Å². The highest BCUT2D eigenvalue weighted by Gasteiger charge is 2.29. The molecule has 2 N–H and O–H groups in total. The van der Waals surface area contributed by atoms with Gasteiger partial charge in [0.05, 0.1) is 19.0 Å². The molecule has 28 heavy (non-hydrogen) atoms. The minimum Gasteiger partial charge on any atom is -0.496 e. The topological polar surface area (TPSA) is 97.2 Å². The molecule has 1 unspecified atom stereocenters. The van der Waals surface area contributed by atoms with Gasteiger partial charge in [0.1, 0.15) is 11.3 Å². The Hall–Kier alpha value is -3.35. The molecule has 2 aromatic heterocycles. The number of H-pyrrole nitrogens is 1. The zero-order valence-electron chi connectivity index (χ0n) is 15.9. The van der Waals surface area contributed by atoms with E-state index in [0.29, 0.717) is 11.4 Å². The number of aromatic amines is 1. The third-order valence-corrected chi connectivity index (χ3v) is 5.38. The molecule has 1 aromatic carbocycles. The molecule has 0 radical (unpaired) electrons. The molecule has 1 aliphatic heterocycles. The molecule has 1 aliphatic rings. The molecule has 0 saturated carbocycles. The van der Waals surface area contributed by atoms with Crippen LogP contribution in [-0.2, 0) is 6.42 Å². The molecule has 4 rings (SSSR count). The Balaban J connectivity index is 1.99. The van der Waals surface area contributed by atoms with Gasteiger partial charge in [-0.3, -0.25) is 9.89 Å². The van der Waals surface area contributed by atoms with E-state index < -0.39 is 11.4 Å². The van der Waals surface area contributed by atoms with E-state index in [9.17, 15) is 14.7 Å². The Morgan fingerprint density at radius 2 is 2.11 bits per heavy atom. The number of aromatic nitrogens is 3. The smallest absolute Gasteiger partial charge is 0.341 e. The van der Waals surface area contributed by atoms with Gasteiger partial charge in [-0.15, -0.1) is 0 Å². The predicted octanol–water partition coefficient (Wildman–Crippen LogP) is 3.37. The Labute approximate surface area is 161 Å². The lowest BCUT2D eigenvalue weighted by Crippen LogP contribution is -2.28. The standard InChI is InChI=1S/C21H21N3O4/c1-11(2)17-5-12-4-15(13-8-22-23-9-13)20(28-3)6-14(12)18-7-19(25)16(21(26)27)10-24(17)18/h4,6-11,17H,5H2,1-3H3,(H,22,23)(H,26,27). The molecule has 0 amide bonds. The van der Waals surface area contributed by atoms with Gasteiger partial charge in [-0.2, -0.15) is 5.10 Å². The highest BCUT2D eigenvalue weighted by atomic mass is 16.5. The Kier molecular flexibility index (Phi) is 4.30. The normalized spacial score (nSPS) is 15.2. The van der Waals surface area contributed by atoms with E-state index in [1.165, 1.54) is 12.3 Å². The van der Waals surface area contributed by atoms with Gasteiger partial charge in [0.15, 0.2) is 5.43 Å². The maximum absolute atomic E-state index is 12.4. The van der Waals surface area contributed by atoms with Gasteiger partial charge in [0, 0.05) is 41.2 Å². The third kappa shape index (κ3) is 2.79. The minimum absolute atomic E-state index is 0.0480. The fourth-order valence-corrected chi connectivity index (χ4v) is 3.91. The van der Waals surface area contributed by atoms with E-state index in [-0.39, 0.29) is 17.5 Å². The van der Waals surface area contributed by atoms with Crippen molar-refractivity contribution in [2.45, 2.75) is 26.3 Å². The summed E-state index contributed by atoms with van der Waals surface area (Å²) in [5.74, 6) is -0.276. The highest BCUT2D eigenvalue weighted by Crippen LogP contribution is 2.42. The molecule has 7 heteroatoms. The first-order chi connectivity index (χ1) is 13.4. The summed E-state index contributed by atoms with van der Waals surface area (Å²) in [5, 5.41) is 16.2. The average molecular weight is 379 g/mol. The van der Waals surface area contributed by atoms with E-state index in [2.05, 4.69) is 30.1 Å². The molecule has 3 aromatic rings. The average Bonchev–Trinajstić information content (AvgIpc) is 3.20. The molecular weight excluding hydrogens is 358 g/mol. The van der Waals surface area contributed by atoms with Crippen LogP contribution < -0.4 is 10.2 Å². The zero-order chi connectivity index (χ0) is 20.0. The molecule has 144 valence electrons. The summed E-state index contributed by atoms with van der Waals surface area (Å²) >= 11 is 0. The second kappa shape index (κ2) is 6.67. The number of ether oxygens (including phenoxy) is 1. The number of nitrogens with zero attached hydrogens (tertiary/aromatic N) is 2. The monoisotopic (exact) mass is 379 g/mol. The first-order valence-electron chi connectivity index (χ1n) is 9.10. The second-order valence-electron chi connectivity index (χ2n) is 7.36. The van der Waals surface area contributed by atoms with Crippen LogP contribution in [0.25, 0.3) is 22.4 Å². The van der Waals surface area contributed by atoms with Crippen molar-refractivity contribution in [1.82, 2.24) is 14.8 Å². The number of rotatable bonds is 4. The van der Waals surface area contributed by atoms with Crippen LogP contribution >= 0.6 is 0 Å². The fourth-order valence-electron chi connectivity index (χ4n) is 3.91. The van der Waals surface area contributed by atoms with Crippen molar-refractivity contribution in [1.29, 1.82) is 0 Å². The van der Waals surface area contributed by atoms with Crippen LogP contribution in [0, 0.1) is 5.92 Å². The molecule has 0 aliphatic carbocycles. The van der Waals surface area contributed by atoms with Crippen LogP contribution in [0.4, 0.5) is 0 Å². The Morgan fingerprint density at radius 1 is 1.32 bits per heavy atom. The number of aromatic carboxylic acids is 1. The molecule has 0 fully saturated rings. The Bertz CT molecular complexity index is 1110. The van der Waals surface area contributed by atoms with E-state index in [1.54, 1.807) is 13.3 Å². The van der Waals surface area contributed by atoms with E-state index in [1.807, 2.05) is 16.8 Å². The molecule has 0 bridgehead atoms. The molecule has 3 heterocycles. The lowest BCUT2D eigenvalue weighted by atomic mass is 9.85. The van der Waals surface area contributed by atoms with Gasteiger partial charge < -0.3 is 14.4 Å². The third-order valence-electron chi connectivity index (χ3n) is 5.38. The number of carboxylic acid groups (broad SMARTS) is 1. The summed E-state index contributed by atoms with van der Waals surface area (Å²) in [5.41, 5.74) is 3.84. The minimum atomic E-state index is -1.21. The molecule has 0 spiro atoms. The van der Waals surface area contributed by atoms with Gasteiger partial charge in [0.25, 0.3) is 0 Å². The summed E-state index contributed by atoms with van der Waals surface area (Å²) in [6, 6.07) is 5.47. The number of fused-ring (bicyclic) bond motifs is 3. The number of pyridine rings is 1. The molecule has 1 atom stereocenters. The van der Waals surface area contributed by atoms with Gasteiger partial charge in [0.2, 0.25) is 0 Å². The maximum atomic E-state index is 12.4. The van der Waals surface area contributed by atoms with Gasteiger partial charge in [-0.1, -0.05) is 13.8 Å². The van der Waals surface area contributed by atoms with E-state index >= 15 is 0 Å². The quantitative estimate of drug-likeness (QED) is 0.724. The predicted molar refractivity (Wildman–Crippen MR) is 105 cm³/mol. The SMILES string of the molecule is COc1cc2c(cc1-c1cn[nH]c1)CC(C(C)C)n1cc(C(=O)O)c(=O)cc1-2. The number of nitrogens with one attached hydrogen (secondary N) is 1. The van der Waals surface area contributed by atoms with E-state index in [0.717, 1.165) is 28.7 Å². The molecule has 0 saturated heterocycles. The van der Waals surface area contributed by atoms with Crippen molar-refractivity contribution >= 4 is 5.97 Å². The first-order valence-corrected chi connectivity index (χ1v) is 9.10. The van der Waals surface area contributed by atoms with Crippen molar-refractivity contribution in [2.24, 2.45) is 5.92 Å².